The Morgan fingerprint density at radius 1 is 1.50 bits per heavy atom. The molecule has 0 fully saturated rings. The molecule has 1 aromatic rings. The first-order valence-corrected chi connectivity index (χ1v) is 3.14. The Morgan fingerprint density at radius 3 is 2.60 bits per heavy atom. The van der Waals surface area contributed by atoms with E-state index in [0.29, 0.717) is 0 Å². The standard InChI is InChI=1S/C8H10N2/c1-6(2)8-5-9-4-7(3)10-8/h4-5H,1H2,2-3H3. The van der Waals surface area contributed by atoms with E-state index in [4.69, 9.17) is 0 Å². The Hall–Kier alpha value is -1.18. The monoisotopic (exact) mass is 134 g/mol. The molecule has 0 bridgehead atoms. The molecule has 52 valence electrons. The molecule has 2 nitrogen and oxygen atoms in total. The molecular formula is C8H10N2. The van der Waals surface area contributed by atoms with E-state index in [1.807, 2.05) is 13.8 Å². The zero-order valence-electron chi connectivity index (χ0n) is 6.26. The second-order valence-corrected chi connectivity index (χ2v) is 2.33. The summed E-state index contributed by atoms with van der Waals surface area (Å²) in [6.07, 6.45) is 3.45. The van der Waals surface area contributed by atoms with Gasteiger partial charge in [-0.1, -0.05) is 6.58 Å². The van der Waals surface area contributed by atoms with E-state index in [0.717, 1.165) is 17.0 Å². The molecule has 0 N–H and O–H groups in total. The quantitative estimate of drug-likeness (QED) is 0.585. The van der Waals surface area contributed by atoms with Gasteiger partial charge in [0.05, 0.1) is 17.6 Å². The smallest absolute Gasteiger partial charge is 0.0839 e. The molecule has 0 aliphatic carbocycles. The van der Waals surface area contributed by atoms with Crippen LogP contribution in [-0.2, 0) is 0 Å². The minimum atomic E-state index is 0.875. The summed E-state index contributed by atoms with van der Waals surface area (Å²) in [5, 5.41) is 0. The molecule has 0 spiro atoms. The summed E-state index contributed by atoms with van der Waals surface area (Å²) >= 11 is 0. The van der Waals surface area contributed by atoms with Gasteiger partial charge < -0.3 is 0 Å². The molecule has 2 heteroatoms. The number of allylic oxidation sites excluding steroid dienone is 1. The molecule has 0 unspecified atom stereocenters. The second kappa shape index (κ2) is 2.60. The van der Waals surface area contributed by atoms with Crippen molar-refractivity contribution in [2.45, 2.75) is 13.8 Å². The van der Waals surface area contributed by atoms with Crippen LogP contribution in [0.4, 0.5) is 0 Å². The summed E-state index contributed by atoms with van der Waals surface area (Å²) in [7, 11) is 0. The molecule has 0 radical (unpaired) electrons. The van der Waals surface area contributed by atoms with Gasteiger partial charge in [-0.25, -0.2) is 0 Å². The molecule has 0 aromatic carbocycles. The Balaban J connectivity index is 3.07. The predicted octanol–water partition coefficient (Wildman–Crippen LogP) is 1.82. The van der Waals surface area contributed by atoms with Gasteiger partial charge in [-0.2, -0.15) is 0 Å². The van der Waals surface area contributed by atoms with E-state index in [9.17, 15) is 0 Å². The van der Waals surface area contributed by atoms with Crippen molar-refractivity contribution >= 4 is 5.57 Å². The van der Waals surface area contributed by atoms with Crippen molar-refractivity contribution in [3.63, 3.8) is 0 Å². The Morgan fingerprint density at radius 2 is 2.20 bits per heavy atom. The van der Waals surface area contributed by atoms with Crippen molar-refractivity contribution in [2.24, 2.45) is 0 Å². The average Bonchev–Trinajstić information content (AvgIpc) is 1.88. The average molecular weight is 134 g/mol. The first-order valence-electron chi connectivity index (χ1n) is 3.14. The Labute approximate surface area is 60.6 Å². The fourth-order valence-electron chi connectivity index (χ4n) is 0.669. The highest BCUT2D eigenvalue weighted by molar-refractivity contribution is 5.56. The zero-order chi connectivity index (χ0) is 7.56. The van der Waals surface area contributed by atoms with Crippen molar-refractivity contribution in [3.05, 3.63) is 30.4 Å². The number of rotatable bonds is 1. The van der Waals surface area contributed by atoms with Gasteiger partial charge in [0.15, 0.2) is 0 Å². The molecule has 0 aliphatic heterocycles. The topological polar surface area (TPSA) is 25.8 Å². The lowest BCUT2D eigenvalue weighted by Crippen LogP contribution is -1.89. The van der Waals surface area contributed by atoms with E-state index < -0.39 is 0 Å². The first kappa shape index (κ1) is 6.93. The third-order valence-corrected chi connectivity index (χ3v) is 1.19. The van der Waals surface area contributed by atoms with Crippen molar-refractivity contribution < 1.29 is 0 Å². The van der Waals surface area contributed by atoms with Crippen molar-refractivity contribution in [3.8, 4) is 0 Å². The van der Waals surface area contributed by atoms with Crippen LogP contribution < -0.4 is 0 Å². The summed E-state index contributed by atoms with van der Waals surface area (Å²) in [4.78, 5) is 8.19. The minimum Gasteiger partial charge on any atom is -0.261 e. The van der Waals surface area contributed by atoms with Crippen LogP contribution in [0.5, 0.6) is 0 Å². The maximum absolute atomic E-state index is 4.21. The molecular weight excluding hydrogens is 124 g/mol. The highest BCUT2D eigenvalue weighted by Crippen LogP contribution is 2.05. The Kier molecular flexibility index (Phi) is 1.81. The normalized spacial score (nSPS) is 9.40. The molecule has 1 heterocycles. The SMILES string of the molecule is C=C(C)c1cncc(C)n1. The summed E-state index contributed by atoms with van der Waals surface area (Å²) in [6.45, 7) is 7.60. The predicted molar refractivity (Wildman–Crippen MR) is 41.5 cm³/mol. The van der Waals surface area contributed by atoms with Gasteiger partial charge in [-0.3, -0.25) is 9.97 Å². The molecule has 1 rings (SSSR count). The molecule has 1 aromatic heterocycles. The van der Waals surface area contributed by atoms with E-state index in [1.54, 1.807) is 12.4 Å². The van der Waals surface area contributed by atoms with Crippen molar-refractivity contribution in [2.75, 3.05) is 0 Å². The lowest BCUT2D eigenvalue weighted by molar-refractivity contribution is 1.09. The minimum absolute atomic E-state index is 0.875. The number of aromatic nitrogens is 2. The van der Waals surface area contributed by atoms with Crippen molar-refractivity contribution in [1.82, 2.24) is 9.97 Å². The van der Waals surface area contributed by atoms with Crippen LogP contribution in [0.1, 0.15) is 18.3 Å². The Bertz CT molecular complexity index is 253. The van der Waals surface area contributed by atoms with Crippen LogP contribution in [0.15, 0.2) is 19.0 Å². The number of aryl methyl sites for hydroxylation is 1. The van der Waals surface area contributed by atoms with E-state index in [1.165, 1.54) is 0 Å². The molecule has 0 saturated heterocycles. The first-order chi connectivity index (χ1) is 4.70. The van der Waals surface area contributed by atoms with Crippen LogP contribution >= 0.6 is 0 Å². The van der Waals surface area contributed by atoms with Gasteiger partial charge in [0, 0.05) is 6.20 Å². The molecule has 0 aliphatic rings. The van der Waals surface area contributed by atoms with Gasteiger partial charge in [-0.05, 0) is 19.4 Å². The molecule has 10 heavy (non-hydrogen) atoms. The van der Waals surface area contributed by atoms with Crippen LogP contribution in [0, 0.1) is 6.92 Å². The van der Waals surface area contributed by atoms with Crippen molar-refractivity contribution in [1.29, 1.82) is 0 Å². The summed E-state index contributed by atoms with van der Waals surface area (Å²) in [5.74, 6) is 0. The van der Waals surface area contributed by atoms with Crippen LogP contribution in [0.3, 0.4) is 0 Å². The van der Waals surface area contributed by atoms with E-state index in [-0.39, 0.29) is 0 Å². The highest BCUT2D eigenvalue weighted by Gasteiger charge is 1.93. The van der Waals surface area contributed by atoms with Gasteiger partial charge >= 0.3 is 0 Å². The lowest BCUT2D eigenvalue weighted by Gasteiger charge is -1.96. The lowest BCUT2D eigenvalue weighted by atomic mass is 10.2. The van der Waals surface area contributed by atoms with Gasteiger partial charge in [0.1, 0.15) is 0 Å². The molecule has 0 saturated carbocycles. The summed E-state index contributed by atoms with van der Waals surface area (Å²) in [6, 6.07) is 0. The van der Waals surface area contributed by atoms with Gasteiger partial charge in [0.25, 0.3) is 0 Å². The van der Waals surface area contributed by atoms with E-state index in [2.05, 4.69) is 16.5 Å². The largest absolute Gasteiger partial charge is 0.261 e. The van der Waals surface area contributed by atoms with Gasteiger partial charge in [0.2, 0.25) is 0 Å². The van der Waals surface area contributed by atoms with Crippen LogP contribution in [0.2, 0.25) is 0 Å². The summed E-state index contributed by atoms with van der Waals surface area (Å²) < 4.78 is 0. The second-order valence-electron chi connectivity index (χ2n) is 2.33. The highest BCUT2D eigenvalue weighted by atomic mass is 14.8. The fourth-order valence-corrected chi connectivity index (χ4v) is 0.669. The zero-order valence-corrected chi connectivity index (χ0v) is 6.26. The molecule has 0 amide bonds. The van der Waals surface area contributed by atoms with E-state index >= 15 is 0 Å². The number of nitrogens with zero attached hydrogens (tertiary/aromatic N) is 2. The van der Waals surface area contributed by atoms with Gasteiger partial charge in [-0.15, -0.1) is 0 Å². The fraction of sp³-hybridized carbons (Fsp3) is 0.250. The van der Waals surface area contributed by atoms with Crippen LogP contribution in [0.25, 0.3) is 5.57 Å². The number of hydrogen-bond acceptors (Lipinski definition) is 2. The maximum Gasteiger partial charge on any atom is 0.0839 e. The van der Waals surface area contributed by atoms with Crippen LogP contribution in [-0.4, -0.2) is 9.97 Å². The maximum atomic E-state index is 4.21. The third kappa shape index (κ3) is 1.41. The summed E-state index contributed by atoms with van der Waals surface area (Å²) in [5.41, 5.74) is 2.76. The molecule has 0 atom stereocenters. The third-order valence-electron chi connectivity index (χ3n) is 1.19. The number of hydrogen-bond donors (Lipinski definition) is 0.